The van der Waals surface area contributed by atoms with E-state index in [1.165, 1.54) is 16.0 Å². The maximum atomic E-state index is 12.9. The molecular formula is C19H23N7OS. The SMILES string of the molecule is C=C(N)Cc1nc2c(s1)c1cnn(Cc3ccccc3)c(=O)c1n2C.CNN. The molecule has 0 atom stereocenters. The zero-order valence-electron chi connectivity index (χ0n) is 15.8. The maximum Gasteiger partial charge on any atom is 0.291 e. The number of hydrogen-bond acceptors (Lipinski definition) is 7. The maximum absolute atomic E-state index is 12.9. The molecule has 0 spiro atoms. The molecule has 146 valence electrons. The summed E-state index contributed by atoms with van der Waals surface area (Å²) in [4.78, 5) is 17.5. The Morgan fingerprint density at radius 2 is 2.00 bits per heavy atom. The van der Waals surface area contributed by atoms with Gasteiger partial charge in [0.05, 0.1) is 17.4 Å². The van der Waals surface area contributed by atoms with Gasteiger partial charge in [0.25, 0.3) is 5.56 Å². The minimum Gasteiger partial charge on any atom is -0.402 e. The van der Waals surface area contributed by atoms with Crippen molar-refractivity contribution >= 4 is 32.6 Å². The van der Waals surface area contributed by atoms with E-state index in [4.69, 9.17) is 5.73 Å². The molecule has 0 bridgehead atoms. The van der Waals surface area contributed by atoms with Gasteiger partial charge in [0.15, 0.2) is 5.65 Å². The summed E-state index contributed by atoms with van der Waals surface area (Å²) in [6, 6.07) is 9.82. The van der Waals surface area contributed by atoms with E-state index in [1.807, 2.05) is 41.9 Å². The van der Waals surface area contributed by atoms with Crippen LogP contribution in [0.2, 0.25) is 0 Å². The predicted molar refractivity (Wildman–Crippen MR) is 114 cm³/mol. The van der Waals surface area contributed by atoms with Gasteiger partial charge in [0.2, 0.25) is 0 Å². The van der Waals surface area contributed by atoms with Gasteiger partial charge in [-0.05, 0) is 12.6 Å². The van der Waals surface area contributed by atoms with E-state index in [-0.39, 0.29) is 5.56 Å². The highest BCUT2D eigenvalue weighted by Gasteiger charge is 2.18. The second-order valence-electron chi connectivity index (χ2n) is 6.30. The first-order valence-corrected chi connectivity index (χ1v) is 9.46. The summed E-state index contributed by atoms with van der Waals surface area (Å²) in [5.74, 6) is 4.60. The lowest BCUT2D eigenvalue weighted by molar-refractivity contribution is 0.644. The quantitative estimate of drug-likeness (QED) is 0.355. The molecule has 8 nitrogen and oxygen atoms in total. The Balaban J connectivity index is 0.000000706. The first-order valence-electron chi connectivity index (χ1n) is 8.64. The molecule has 0 saturated carbocycles. The average Bonchev–Trinajstić information content (AvgIpc) is 3.17. The number of fused-ring (bicyclic) bond motifs is 3. The zero-order chi connectivity index (χ0) is 20.3. The van der Waals surface area contributed by atoms with Crippen LogP contribution in [0, 0.1) is 0 Å². The van der Waals surface area contributed by atoms with Gasteiger partial charge in [-0.1, -0.05) is 36.9 Å². The number of benzene rings is 1. The Morgan fingerprint density at radius 3 is 2.64 bits per heavy atom. The molecule has 3 aromatic heterocycles. The topological polar surface area (TPSA) is 117 Å². The number of hydrazine groups is 1. The molecular weight excluding hydrogens is 374 g/mol. The summed E-state index contributed by atoms with van der Waals surface area (Å²) in [7, 11) is 3.51. The van der Waals surface area contributed by atoms with Crippen LogP contribution in [0.15, 0.2) is 53.6 Å². The number of hydrogen-bond donors (Lipinski definition) is 3. The van der Waals surface area contributed by atoms with Crippen molar-refractivity contribution in [3.05, 3.63) is 69.7 Å². The third-order valence-corrected chi connectivity index (χ3v) is 5.20. The lowest BCUT2D eigenvalue weighted by atomic mass is 10.2. The van der Waals surface area contributed by atoms with Crippen molar-refractivity contribution in [3.8, 4) is 0 Å². The third kappa shape index (κ3) is 3.81. The first kappa shape index (κ1) is 19.7. The van der Waals surface area contributed by atoms with Gasteiger partial charge in [-0.2, -0.15) is 5.10 Å². The summed E-state index contributed by atoms with van der Waals surface area (Å²) < 4.78 is 4.30. The van der Waals surface area contributed by atoms with Gasteiger partial charge in [0.1, 0.15) is 10.5 Å². The Hall–Kier alpha value is -3.01. The van der Waals surface area contributed by atoms with Gasteiger partial charge in [0, 0.05) is 24.6 Å². The second kappa shape index (κ2) is 8.34. The standard InChI is InChI=1S/C18H17N5OS.CH6N2/c1-11(19)8-14-21-17-16(25-14)13-9-20-23(18(24)15(13)22(17)2)10-12-6-4-3-5-7-12;1-3-2/h3-7,9H,1,8,10,19H2,2H3;3H,2H2,1H3. The Morgan fingerprint density at radius 1 is 1.32 bits per heavy atom. The average molecular weight is 398 g/mol. The molecule has 28 heavy (non-hydrogen) atoms. The van der Waals surface area contributed by atoms with Crippen LogP contribution in [0.25, 0.3) is 21.3 Å². The monoisotopic (exact) mass is 397 g/mol. The van der Waals surface area contributed by atoms with E-state index in [2.05, 4.69) is 27.9 Å². The van der Waals surface area contributed by atoms with Crippen molar-refractivity contribution in [3.63, 3.8) is 0 Å². The lowest BCUT2D eigenvalue weighted by Gasteiger charge is -2.05. The van der Waals surface area contributed by atoms with E-state index in [0.717, 1.165) is 26.3 Å². The van der Waals surface area contributed by atoms with Gasteiger partial charge in [-0.25, -0.2) is 9.67 Å². The summed E-state index contributed by atoms with van der Waals surface area (Å²) >= 11 is 1.53. The first-order chi connectivity index (χ1) is 13.5. The zero-order valence-corrected chi connectivity index (χ0v) is 16.7. The fourth-order valence-electron chi connectivity index (χ4n) is 2.97. The molecule has 5 N–H and O–H groups in total. The number of allylic oxidation sites excluding steroid dienone is 1. The molecule has 3 heterocycles. The highest BCUT2D eigenvalue weighted by molar-refractivity contribution is 7.19. The van der Waals surface area contributed by atoms with Crippen molar-refractivity contribution < 1.29 is 0 Å². The molecule has 0 saturated heterocycles. The largest absolute Gasteiger partial charge is 0.402 e. The lowest BCUT2D eigenvalue weighted by Crippen LogP contribution is -2.24. The highest BCUT2D eigenvalue weighted by Crippen LogP contribution is 2.31. The van der Waals surface area contributed by atoms with Gasteiger partial charge >= 0.3 is 0 Å². The van der Waals surface area contributed by atoms with Crippen molar-refractivity contribution in [2.45, 2.75) is 13.0 Å². The fraction of sp³-hybridized carbons (Fsp3) is 0.211. The molecule has 9 heteroatoms. The summed E-state index contributed by atoms with van der Waals surface area (Å²) in [6.07, 6.45) is 2.29. The Labute approximate surface area is 166 Å². The number of nitrogens with one attached hydrogen (secondary N) is 1. The molecule has 0 aliphatic rings. The number of aryl methyl sites for hydroxylation is 1. The van der Waals surface area contributed by atoms with E-state index in [9.17, 15) is 4.79 Å². The van der Waals surface area contributed by atoms with Crippen LogP contribution >= 0.6 is 11.3 Å². The third-order valence-electron chi connectivity index (χ3n) is 4.12. The Bertz CT molecular complexity index is 1170. The molecule has 0 fully saturated rings. The normalized spacial score (nSPS) is 10.8. The summed E-state index contributed by atoms with van der Waals surface area (Å²) in [5, 5.41) is 6.09. The van der Waals surface area contributed by atoms with Gasteiger partial charge in [-0.15, -0.1) is 11.3 Å². The van der Waals surface area contributed by atoms with E-state index in [1.54, 1.807) is 13.2 Å². The molecule has 0 amide bonds. The molecule has 0 aliphatic carbocycles. The summed E-state index contributed by atoms with van der Waals surface area (Å²) in [5.41, 5.74) is 10.8. The highest BCUT2D eigenvalue weighted by atomic mass is 32.1. The van der Waals surface area contributed by atoms with Crippen LogP contribution in [0.4, 0.5) is 0 Å². The van der Waals surface area contributed by atoms with Crippen LogP contribution in [0.1, 0.15) is 10.6 Å². The van der Waals surface area contributed by atoms with Crippen LogP contribution < -0.4 is 22.6 Å². The number of rotatable bonds is 4. The van der Waals surface area contributed by atoms with Crippen LogP contribution in [-0.4, -0.2) is 26.4 Å². The molecule has 4 aromatic rings. The van der Waals surface area contributed by atoms with Crippen molar-refractivity contribution in [1.82, 2.24) is 24.8 Å². The molecule has 4 rings (SSSR count). The van der Waals surface area contributed by atoms with E-state index in [0.29, 0.717) is 24.2 Å². The van der Waals surface area contributed by atoms with Crippen LogP contribution in [0.5, 0.6) is 0 Å². The smallest absolute Gasteiger partial charge is 0.291 e. The predicted octanol–water partition coefficient (Wildman–Crippen LogP) is 1.49. The summed E-state index contributed by atoms with van der Waals surface area (Å²) in [6.45, 7) is 4.17. The van der Waals surface area contributed by atoms with Crippen molar-refractivity contribution in [2.24, 2.45) is 18.6 Å². The number of nitrogens with two attached hydrogens (primary N) is 2. The number of nitrogens with zero attached hydrogens (tertiary/aromatic N) is 4. The Kier molecular flexibility index (Phi) is 5.88. The van der Waals surface area contributed by atoms with Crippen molar-refractivity contribution in [1.29, 1.82) is 0 Å². The molecule has 0 radical (unpaired) electrons. The molecule has 0 aliphatic heterocycles. The van der Waals surface area contributed by atoms with Crippen molar-refractivity contribution in [2.75, 3.05) is 7.05 Å². The van der Waals surface area contributed by atoms with Crippen LogP contribution in [-0.2, 0) is 20.0 Å². The van der Waals surface area contributed by atoms with Gasteiger partial charge in [-0.3, -0.25) is 16.1 Å². The minimum atomic E-state index is -0.112. The molecule has 1 aromatic carbocycles. The van der Waals surface area contributed by atoms with Crippen LogP contribution in [0.3, 0.4) is 0 Å². The number of aromatic nitrogens is 4. The fourth-order valence-corrected chi connectivity index (χ4v) is 4.13. The van der Waals surface area contributed by atoms with E-state index >= 15 is 0 Å². The van der Waals surface area contributed by atoms with Gasteiger partial charge < -0.3 is 10.3 Å². The minimum absolute atomic E-state index is 0.112. The number of thiazole rings is 1. The second-order valence-corrected chi connectivity index (χ2v) is 7.38. The molecule has 0 unspecified atom stereocenters. The van der Waals surface area contributed by atoms with E-state index < -0.39 is 0 Å².